The number of carbonyl (C=O) groups is 4. The van der Waals surface area contributed by atoms with Gasteiger partial charge in [0.15, 0.2) is 12.2 Å². The molecule has 3 N–H and O–H groups in total. The van der Waals surface area contributed by atoms with Crippen molar-refractivity contribution >= 4 is 39.5 Å². The molecule has 2 unspecified atom stereocenters. The Labute approximate surface area is 594 Å². The van der Waals surface area contributed by atoms with E-state index < -0.39 is 97.5 Å². The van der Waals surface area contributed by atoms with Gasteiger partial charge in [0, 0.05) is 25.7 Å². The summed E-state index contributed by atoms with van der Waals surface area (Å²) in [4.78, 5) is 72.9. The molecule has 0 bridgehead atoms. The van der Waals surface area contributed by atoms with E-state index in [1.807, 2.05) is 0 Å². The van der Waals surface area contributed by atoms with Gasteiger partial charge in [-0.2, -0.15) is 0 Å². The number of phosphoric acid groups is 2. The highest BCUT2D eigenvalue weighted by atomic mass is 31.2. The first kappa shape index (κ1) is 95.1. The van der Waals surface area contributed by atoms with Gasteiger partial charge in [-0.1, -0.05) is 362 Å². The van der Waals surface area contributed by atoms with Gasteiger partial charge in [-0.05, 0) is 31.6 Å². The zero-order valence-corrected chi connectivity index (χ0v) is 65.0. The van der Waals surface area contributed by atoms with Crippen LogP contribution in [0.4, 0.5) is 0 Å². The number of carbonyl (C=O) groups excluding carboxylic acids is 4. The first-order valence-corrected chi connectivity index (χ1v) is 43.6. The fraction of sp³-hybridized carbons (Fsp3) is 0.949. The monoisotopic (exact) mass is 1420 g/mol. The second kappa shape index (κ2) is 71.1. The van der Waals surface area contributed by atoms with Gasteiger partial charge in [-0.15, -0.1) is 0 Å². The number of hydrogen-bond donors (Lipinski definition) is 3. The molecule has 576 valence electrons. The Kier molecular flexibility index (Phi) is 69.6. The van der Waals surface area contributed by atoms with Gasteiger partial charge in [-0.3, -0.25) is 37.3 Å². The van der Waals surface area contributed by atoms with E-state index in [4.69, 9.17) is 37.0 Å². The second-order valence-corrected chi connectivity index (χ2v) is 31.5. The fourth-order valence-corrected chi connectivity index (χ4v) is 13.6. The van der Waals surface area contributed by atoms with Crippen LogP contribution in [-0.2, 0) is 65.4 Å². The molecule has 0 aromatic carbocycles. The summed E-state index contributed by atoms with van der Waals surface area (Å²) in [5.74, 6) is -1.31. The standard InChI is InChI=1S/C78H152O17P2/c1-6-9-12-15-18-21-23-25-27-29-33-37-42-47-52-57-62-76(81)89-68-74(95-78(83)64-59-54-49-44-39-35-31-30-32-36-41-45-50-55-60-71(4)5)70-93-97(86,87)91-66-72(79)65-90-96(84,85)92-69-73(67-88-75(80)61-56-51-46-40-20-17-14-11-8-3)94-77(82)63-58-53-48-43-38-34-28-26-24-22-19-16-13-10-7-2/h71-74,79H,6-70H2,1-5H3,(H,84,85)(H,86,87)/t72-,73+,74+/m0/s1. The molecule has 0 aliphatic carbocycles. The summed E-state index contributed by atoms with van der Waals surface area (Å²) in [6.07, 6.45) is 60.9. The SMILES string of the molecule is CCCCCCCCCCCCCCCCCCC(=O)OC[C@H](COP(=O)(O)OC[C@@H](O)COP(=O)(O)OC[C@@H](COC(=O)CCCCCCCCCCC)OC(=O)CCCCCCCCCCCCCCCCC)OC(=O)CCCCCCCCCCCCCCCCC(C)C. The summed E-state index contributed by atoms with van der Waals surface area (Å²) in [6.45, 7) is 7.33. The number of aliphatic hydroxyl groups excluding tert-OH is 1. The molecule has 0 rings (SSSR count). The molecule has 19 heteroatoms. The Morgan fingerprint density at radius 3 is 0.701 bits per heavy atom. The molecule has 0 heterocycles. The molecule has 97 heavy (non-hydrogen) atoms. The summed E-state index contributed by atoms with van der Waals surface area (Å²) in [6, 6.07) is 0. The maximum Gasteiger partial charge on any atom is 0.472 e. The van der Waals surface area contributed by atoms with Crippen molar-refractivity contribution in [3.05, 3.63) is 0 Å². The predicted molar refractivity (Wildman–Crippen MR) is 395 cm³/mol. The Bertz CT molecular complexity index is 1860. The molecule has 0 aliphatic heterocycles. The zero-order valence-electron chi connectivity index (χ0n) is 63.2. The van der Waals surface area contributed by atoms with Crippen LogP contribution in [0.1, 0.15) is 413 Å². The topological polar surface area (TPSA) is 237 Å². The van der Waals surface area contributed by atoms with E-state index in [1.165, 1.54) is 238 Å². The van der Waals surface area contributed by atoms with Gasteiger partial charge in [0.1, 0.15) is 19.3 Å². The summed E-state index contributed by atoms with van der Waals surface area (Å²) >= 11 is 0. The molecule has 0 radical (unpaired) electrons. The molecule has 0 aromatic heterocycles. The number of ether oxygens (including phenoxy) is 4. The average molecular weight is 1420 g/mol. The second-order valence-electron chi connectivity index (χ2n) is 28.6. The van der Waals surface area contributed by atoms with Crippen molar-refractivity contribution < 1.29 is 80.2 Å². The third-order valence-electron chi connectivity index (χ3n) is 18.3. The van der Waals surface area contributed by atoms with E-state index in [0.717, 1.165) is 95.8 Å². The molecule has 0 aliphatic rings. The average Bonchev–Trinajstić information content (AvgIpc) is 1.71. The minimum absolute atomic E-state index is 0.108. The van der Waals surface area contributed by atoms with Crippen LogP contribution in [0, 0.1) is 5.92 Å². The third kappa shape index (κ3) is 72.2. The summed E-state index contributed by atoms with van der Waals surface area (Å²) in [5, 5.41) is 10.6. The van der Waals surface area contributed by atoms with E-state index >= 15 is 0 Å². The van der Waals surface area contributed by atoms with Crippen molar-refractivity contribution in [2.75, 3.05) is 39.6 Å². The summed E-state index contributed by atoms with van der Waals surface area (Å²) < 4.78 is 68.6. The molecule has 5 atom stereocenters. The van der Waals surface area contributed by atoms with Crippen LogP contribution >= 0.6 is 15.6 Å². The van der Waals surface area contributed by atoms with Crippen LogP contribution in [0.5, 0.6) is 0 Å². The minimum atomic E-state index is -4.96. The number of esters is 4. The van der Waals surface area contributed by atoms with Crippen LogP contribution in [0.25, 0.3) is 0 Å². The van der Waals surface area contributed by atoms with E-state index in [2.05, 4.69) is 34.6 Å². The van der Waals surface area contributed by atoms with E-state index in [9.17, 15) is 43.2 Å². The highest BCUT2D eigenvalue weighted by Crippen LogP contribution is 2.45. The van der Waals surface area contributed by atoms with Crippen molar-refractivity contribution in [1.29, 1.82) is 0 Å². The lowest BCUT2D eigenvalue weighted by Crippen LogP contribution is -2.30. The molecule has 0 fully saturated rings. The predicted octanol–water partition coefficient (Wildman–Crippen LogP) is 23.3. The van der Waals surface area contributed by atoms with Crippen LogP contribution in [0.15, 0.2) is 0 Å². The van der Waals surface area contributed by atoms with Gasteiger partial charge in [0.05, 0.1) is 26.4 Å². The number of unbranched alkanes of at least 4 members (excludes halogenated alkanes) is 50. The Balaban J connectivity index is 5.23. The van der Waals surface area contributed by atoms with E-state index in [-0.39, 0.29) is 25.7 Å². The van der Waals surface area contributed by atoms with E-state index in [0.29, 0.717) is 25.7 Å². The Morgan fingerprint density at radius 2 is 0.474 bits per heavy atom. The van der Waals surface area contributed by atoms with Gasteiger partial charge >= 0.3 is 39.5 Å². The fourth-order valence-electron chi connectivity index (χ4n) is 12.1. The molecule has 0 aromatic rings. The number of rotatable bonds is 78. The summed E-state index contributed by atoms with van der Waals surface area (Å²) in [7, 11) is -9.91. The zero-order chi connectivity index (χ0) is 71.2. The maximum atomic E-state index is 13.1. The third-order valence-corrected chi connectivity index (χ3v) is 20.2. The first-order valence-electron chi connectivity index (χ1n) is 40.6. The molecule has 0 saturated heterocycles. The van der Waals surface area contributed by atoms with E-state index in [1.54, 1.807) is 0 Å². The summed E-state index contributed by atoms with van der Waals surface area (Å²) in [5.41, 5.74) is 0. The van der Waals surface area contributed by atoms with Crippen molar-refractivity contribution in [2.45, 2.75) is 432 Å². The van der Waals surface area contributed by atoms with Crippen molar-refractivity contribution in [3.8, 4) is 0 Å². The lowest BCUT2D eigenvalue weighted by atomic mass is 10.0. The minimum Gasteiger partial charge on any atom is -0.462 e. The number of aliphatic hydroxyl groups is 1. The maximum absolute atomic E-state index is 13.1. The van der Waals surface area contributed by atoms with Gasteiger partial charge in [-0.25, -0.2) is 9.13 Å². The Morgan fingerprint density at radius 1 is 0.278 bits per heavy atom. The largest absolute Gasteiger partial charge is 0.472 e. The van der Waals surface area contributed by atoms with Crippen LogP contribution in [0.3, 0.4) is 0 Å². The smallest absolute Gasteiger partial charge is 0.462 e. The Hall–Kier alpha value is -1.94. The highest BCUT2D eigenvalue weighted by Gasteiger charge is 2.30. The number of hydrogen-bond acceptors (Lipinski definition) is 15. The first-order chi connectivity index (χ1) is 47.0. The lowest BCUT2D eigenvalue weighted by Gasteiger charge is -2.21. The van der Waals surface area contributed by atoms with Crippen LogP contribution in [0.2, 0.25) is 0 Å². The lowest BCUT2D eigenvalue weighted by molar-refractivity contribution is -0.161. The molecular formula is C78H152O17P2. The van der Waals surface area contributed by atoms with Crippen molar-refractivity contribution in [1.82, 2.24) is 0 Å². The van der Waals surface area contributed by atoms with Crippen LogP contribution in [-0.4, -0.2) is 96.7 Å². The highest BCUT2D eigenvalue weighted by molar-refractivity contribution is 7.47. The van der Waals surface area contributed by atoms with Gasteiger partial charge < -0.3 is 33.8 Å². The van der Waals surface area contributed by atoms with Crippen molar-refractivity contribution in [2.24, 2.45) is 5.92 Å². The molecule has 0 amide bonds. The van der Waals surface area contributed by atoms with Gasteiger partial charge in [0.2, 0.25) is 0 Å². The molecule has 17 nitrogen and oxygen atoms in total. The molecule has 0 saturated carbocycles. The molecular weight excluding hydrogens is 1270 g/mol. The number of phosphoric ester groups is 2. The normalized spacial score (nSPS) is 13.9. The quantitative estimate of drug-likeness (QED) is 0.0222. The molecule has 0 spiro atoms. The van der Waals surface area contributed by atoms with Crippen molar-refractivity contribution in [3.63, 3.8) is 0 Å². The van der Waals surface area contributed by atoms with Crippen LogP contribution < -0.4 is 0 Å². The van der Waals surface area contributed by atoms with Gasteiger partial charge in [0.25, 0.3) is 0 Å².